The molecule has 2 aromatic carbocycles. The zero-order valence-electron chi connectivity index (χ0n) is 21.8. The molecule has 1 aliphatic heterocycles. The number of hydrogen-bond acceptors (Lipinski definition) is 5. The Hall–Kier alpha value is -2.79. The van der Waals surface area contributed by atoms with E-state index in [0.29, 0.717) is 19.1 Å². The topological polar surface area (TPSA) is 48.0 Å². The van der Waals surface area contributed by atoms with Crippen molar-refractivity contribution in [1.82, 2.24) is 0 Å². The number of unbranched alkanes of at least 4 members (excludes halogenated alkanes) is 1. The van der Waals surface area contributed by atoms with E-state index in [0.717, 1.165) is 79.8 Å². The van der Waals surface area contributed by atoms with Gasteiger partial charge in [0, 0.05) is 31.0 Å². The first-order valence-electron chi connectivity index (χ1n) is 13.0. The molecule has 0 aliphatic carbocycles. The van der Waals surface area contributed by atoms with Gasteiger partial charge in [0.15, 0.2) is 0 Å². The van der Waals surface area contributed by atoms with E-state index < -0.39 is 0 Å². The lowest BCUT2D eigenvalue weighted by Crippen LogP contribution is -2.29. The Morgan fingerprint density at radius 2 is 1.77 bits per heavy atom. The Bertz CT molecular complexity index is 965. The van der Waals surface area contributed by atoms with Crippen LogP contribution >= 0.6 is 0 Å². The van der Waals surface area contributed by atoms with Crippen LogP contribution in [0, 0.1) is 5.92 Å². The molecule has 0 N–H and O–H groups in total. The lowest BCUT2D eigenvalue weighted by molar-refractivity contribution is -0.136. The van der Waals surface area contributed by atoms with Gasteiger partial charge in [0.2, 0.25) is 0 Å². The van der Waals surface area contributed by atoms with Gasteiger partial charge in [-0.15, -0.1) is 0 Å². The average molecular weight is 480 g/mol. The number of benzene rings is 2. The van der Waals surface area contributed by atoms with E-state index in [2.05, 4.69) is 56.0 Å². The number of methoxy groups -OCH3 is 1. The molecule has 0 unspecified atom stereocenters. The number of hydrogen-bond donors (Lipinski definition) is 0. The van der Waals surface area contributed by atoms with Gasteiger partial charge in [0.25, 0.3) is 0 Å². The Morgan fingerprint density at radius 1 is 1.00 bits per heavy atom. The Morgan fingerprint density at radius 3 is 2.49 bits per heavy atom. The van der Waals surface area contributed by atoms with Gasteiger partial charge in [-0.2, -0.15) is 0 Å². The molecule has 0 saturated carbocycles. The lowest BCUT2D eigenvalue weighted by Gasteiger charge is -2.28. The zero-order chi connectivity index (χ0) is 25.0. The second-order valence-corrected chi connectivity index (χ2v) is 9.57. The highest BCUT2D eigenvalue weighted by atomic mass is 16.5. The van der Waals surface area contributed by atoms with Crippen LogP contribution in [0.25, 0.3) is 17.2 Å². The number of esters is 1. The first kappa shape index (κ1) is 26.8. The first-order valence-corrected chi connectivity index (χ1v) is 13.0. The first-order chi connectivity index (χ1) is 17.0. The van der Waals surface area contributed by atoms with Crippen LogP contribution in [0.5, 0.6) is 5.75 Å². The maximum Gasteiger partial charge on any atom is 0.333 e. The van der Waals surface area contributed by atoms with Crippen molar-refractivity contribution in [2.75, 3.05) is 44.9 Å². The smallest absolute Gasteiger partial charge is 0.333 e. The van der Waals surface area contributed by atoms with Crippen molar-refractivity contribution in [2.45, 2.75) is 52.9 Å². The van der Waals surface area contributed by atoms with Crippen LogP contribution in [-0.2, 0) is 14.3 Å². The van der Waals surface area contributed by atoms with Crippen molar-refractivity contribution in [1.29, 1.82) is 0 Å². The molecule has 0 fully saturated rings. The third-order valence-electron chi connectivity index (χ3n) is 6.18. The monoisotopic (exact) mass is 479 g/mol. The predicted octanol–water partition coefficient (Wildman–Crippen LogP) is 6.75. The fourth-order valence-electron chi connectivity index (χ4n) is 4.37. The van der Waals surface area contributed by atoms with E-state index >= 15 is 0 Å². The van der Waals surface area contributed by atoms with Gasteiger partial charge in [-0.05, 0) is 78.6 Å². The fraction of sp³-hybridized carbons (Fsp3) is 0.500. The summed E-state index contributed by atoms with van der Waals surface area (Å²) in [6.45, 7) is 10.6. The molecule has 0 saturated heterocycles. The molecule has 0 bridgehead atoms. The van der Waals surface area contributed by atoms with E-state index in [-0.39, 0.29) is 5.97 Å². The van der Waals surface area contributed by atoms with Crippen molar-refractivity contribution >= 4 is 17.7 Å². The second-order valence-electron chi connectivity index (χ2n) is 9.57. The highest BCUT2D eigenvalue weighted by molar-refractivity contribution is 5.95. The van der Waals surface area contributed by atoms with Crippen LogP contribution in [0.15, 0.2) is 48.0 Å². The van der Waals surface area contributed by atoms with Gasteiger partial charge in [0.1, 0.15) is 12.4 Å². The highest BCUT2D eigenvalue weighted by Gasteiger charge is 2.18. The number of carbonyl (C=O) groups is 1. The molecule has 35 heavy (non-hydrogen) atoms. The van der Waals surface area contributed by atoms with Gasteiger partial charge in [0.05, 0.1) is 13.7 Å². The van der Waals surface area contributed by atoms with Crippen LogP contribution in [0.3, 0.4) is 0 Å². The Labute approximate surface area is 211 Å². The molecule has 2 aromatic rings. The van der Waals surface area contributed by atoms with Gasteiger partial charge >= 0.3 is 5.97 Å². The molecule has 1 aliphatic rings. The largest absolute Gasteiger partial charge is 0.491 e. The summed E-state index contributed by atoms with van der Waals surface area (Å²) in [6, 6.07) is 14.7. The predicted molar refractivity (Wildman–Crippen MR) is 144 cm³/mol. The lowest BCUT2D eigenvalue weighted by atomic mass is 9.99. The average Bonchev–Trinajstić information content (AvgIpc) is 2.94. The van der Waals surface area contributed by atoms with E-state index in [4.69, 9.17) is 14.2 Å². The van der Waals surface area contributed by atoms with Crippen molar-refractivity contribution in [3.8, 4) is 16.9 Å². The minimum Gasteiger partial charge on any atom is -0.491 e. The summed E-state index contributed by atoms with van der Waals surface area (Å²) in [5.74, 6) is 1.15. The SMILES string of the molecule is CCCCOCCOc1ccc(-c2ccc3c(c2)/C=C(\C(=O)OC)CCCCN3CC(C)C)cc1. The van der Waals surface area contributed by atoms with Crippen LogP contribution in [0.2, 0.25) is 0 Å². The zero-order valence-corrected chi connectivity index (χ0v) is 21.8. The summed E-state index contributed by atoms with van der Waals surface area (Å²) in [7, 11) is 1.46. The summed E-state index contributed by atoms with van der Waals surface area (Å²) < 4.78 is 16.5. The number of carbonyl (C=O) groups excluding carboxylic acids is 1. The molecule has 0 spiro atoms. The molecule has 3 rings (SSSR count). The number of ether oxygens (including phenoxy) is 3. The normalized spacial score (nSPS) is 15.5. The molecule has 0 amide bonds. The number of rotatable bonds is 11. The molecule has 190 valence electrons. The Balaban J connectivity index is 1.82. The van der Waals surface area contributed by atoms with Gasteiger partial charge < -0.3 is 19.1 Å². The van der Waals surface area contributed by atoms with Crippen molar-refractivity contribution < 1.29 is 19.0 Å². The summed E-state index contributed by atoms with van der Waals surface area (Å²) in [5.41, 5.74) is 5.20. The van der Waals surface area contributed by atoms with Crippen LogP contribution in [0.4, 0.5) is 5.69 Å². The summed E-state index contributed by atoms with van der Waals surface area (Å²) >= 11 is 0. The second kappa shape index (κ2) is 13.9. The molecule has 1 heterocycles. The van der Waals surface area contributed by atoms with Crippen molar-refractivity contribution in [3.05, 3.63) is 53.6 Å². The standard InChI is InChI=1S/C30H41NO4/c1-5-6-17-34-18-19-35-28-13-10-24(11-14-28)25-12-15-29-27(20-25)21-26(30(32)33-4)9-7-8-16-31(29)22-23(2)3/h10-15,20-21,23H,5-9,16-19,22H2,1-4H3/b26-21-. The van der Waals surface area contributed by atoms with Gasteiger partial charge in [-0.3, -0.25) is 0 Å². The van der Waals surface area contributed by atoms with E-state index in [9.17, 15) is 4.79 Å². The summed E-state index contributed by atoms with van der Waals surface area (Å²) in [4.78, 5) is 14.9. The fourth-order valence-corrected chi connectivity index (χ4v) is 4.37. The molecule has 5 nitrogen and oxygen atoms in total. The maximum absolute atomic E-state index is 12.4. The minimum atomic E-state index is -0.237. The molecule has 0 atom stereocenters. The molecule has 0 radical (unpaired) electrons. The molecule has 5 heteroatoms. The Kier molecular flexibility index (Phi) is 10.7. The van der Waals surface area contributed by atoms with E-state index in [1.807, 2.05) is 18.2 Å². The molecular weight excluding hydrogens is 438 g/mol. The number of anilines is 1. The third kappa shape index (κ3) is 8.14. The van der Waals surface area contributed by atoms with Crippen molar-refractivity contribution in [2.24, 2.45) is 5.92 Å². The van der Waals surface area contributed by atoms with Crippen LogP contribution in [0.1, 0.15) is 58.4 Å². The number of nitrogens with zero attached hydrogens (tertiary/aromatic N) is 1. The summed E-state index contributed by atoms with van der Waals surface area (Å²) in [5, 5.41) is 0. The van der Waals surface area contributed by atoms with Crippen LogP contribution < -0.4 is 9.64 Å². The number of fused-ring (bicyclic) bond motifs is 1. The quantitative estimate of drug-likeness (QED) is 0.263. The van der Waals surface area contributed by atoms with E-state index in [1.54, 1.807) is 0 Å². The molecule has 0 aromatic heterocycles. The van der Waals surface area contributed by atoms with Gasteiger partial charge in [-0.25, -0.2) is 4.79 Å². The van der Waals surface area contributed by atoms with E-state index in [1.165, 1.54) is 12.8 Å². The third-order valence-corrected chi connectivity index (χ3v) is 6.18. The minimum absolute atomic E-state index is 0.237. The maximum atomic E-state index is 12.4. The van der Waals surface area contributed by atoms with Crippen LogP contribution in [-0.4, -0.2) is 46.0 Å². The summed E-state index contributed by atoms with van der Waals surface area (Å²) in [6.07, 6.45) is 7.01. The highest BCUT2D eigenvalue weighted by Crippen LogP contribution is 2.33. The van der Waals surface area contributed by atoms with Gasteiger partial charge in [-0.1, -0.05) is 45.4 Å². The molecular formula is C30H41NO4. The van der Waals surface area contributed by atoms with Crippen molar-refractivity contribution in [3.63, 3.8) is 0 Å².